The first-order valence-electron chi connectivity index (χ1n) is 6.00. The molecule has 0 fully saturated rings. The van der Waals surface area contributed by atoms with Crippen molar-refractivity contribution in [2.75, 3.05) is 13.2 Å². The zero-order valence-corrected chi connectivity index (χ0v) is 12.1. The molecule has 0 aliphatic rings. The van der Waals surface area contributed by atoms with E-state index in [1.54, 1.807) is 13.8 Å². The number of aliphatic carboxylic acids is 1. The fraction of sp³-hybridized carbons (Fsp3) is 0.750. The number of rotatable bonds is 5. The number of carbonyl (C=O) groups is 3. The van der Waals surface area contributed by atoms with Gasteiger partial charge in [-0.15, -0.1) is 0 Å². The van der Waals surface area contributed by atoms with E-state index < -0.39 is 24.1 Å². The third kappa shape index (κ3) is 16.2. The zero-order valence-electron chi connectivity index (χ0n) is 12.1. The third-order valence-corrected chi connectivity index (χ3v) is 1.52. The monoisotopic (exact) mass is 277 g/mol. The van der Waals surface area contributed by atoms with Gasteiger partial charge in [-0.25, -0.2) is 9.59 Å². The second-order valence-corrected chi connectivity index (χ2v) is 4.13. The fourth-order valence-corrected chi connectivity index (χ4v) is 0.787. The number of carbonyl (C=O) groups excluding carboxylic acids is 2. The van der Waals surface area contributed by atoms with E-state index in [4.69, 9.17) is 19.4 Å². The summed E-state index contributed by atoms with van der Waals surface area (Å²) in [5.74, 6) is -1.02. The second-order valence-electron chi connectivity index (χ2n) is 4.13. The lowest BCUT2D eigenvalue weighted by Crippen LogP contribution is -2.40. The molecule has 0 saturated heterocycles. The maximum atomic E-state index is 11.1. The minimum absolute atomic E-state index is 0.272. The fourth-order valence-electron chi connectivity index (χ4n) is 0.787. The number of nitrogens with one attached hydrogen (secondary N) is 1. The predicted molar refractivity (Wildman–Crippen MR) is 68.7 cm³/mol. The van der Waals surface area contributed by atoms with E-state index in [1.807, 2.05) is 13.8 Å². The molecule has 1 unspecified atom stereocenters. The summed E-state index contributed by atoms with van der Waals surface area (Å²) in [6.07, 6.45) is -0.593. The van der Waals surface area contributed by atoms with E-state index >= 15 is 0 Å². The summed E-state index contributed by atoms with van der Waals surface area (Å²) in [4.78, 5) is 31.2. The number of alkyl carbamates (subject to hydrolysis) is 1. The van der Waals surface area contributed by atoms with Crippen LogP contribution in [0.3, 0.4) is 0 Å². The van der Waals surface area contributed by atoms with Crippen LogP contribution >= 0.6 is 0 Å². The first-order valence-corrected chi connectivity index (χ1v) is 6.00. The van der Waals surface area contributed by atoms with Crippen molar-refractivity contribution < 1.29 is 29.0 Å². The predicted octanol–water partition coefficient (Wildman–Crippen LogP) is 1.41. The van der Waals surface area contributed by atoms with Crippen LogP contribution in [0.25, 0.3) is 0 Å². The molecule has 0 rings (SSSR count). The number of amides is 1. The Kier molecular flexibility index (Phi) is 11.6. The van der Waals surface area contributed by atoms with Crippen molar-refractivity contribution in [2.45, 2.75) is 40.7 Å². The summed E-state index contributed by atoms with van der Waals surface area (Å²) >= 11 is 0. The van der Waals surface area contributed by atoms with Gasteiger partial charge in [0.25, 0.3) is 5.97 Å². The van der Waals surface area contributed by atoms with Crippen LogP contribution in [-0.2, 0) is 19.1 Å². The molecule has 0 aliphatic heterocycles. The van der Waals surface area contributed by atoms with Crippen LogP contribution in [0.5, 0.6) is 0 Å². The highest BCUT2D eigenvalue weighted by atomic mass is 16.6. The molecular formula is C12H23NO6. The van der Waals surface area contributed by atoms with E-state index in [1.165, 1.54) is 0 Å². The Labute approximate surface area is 113 Å². The summed E-state index contributed by atoms with van der Waals surface area (Å²) in [6, 6.07) is -0.676. The summed E-state index contributed by atoms with van der Waals surface area (Å²) in [5.41, 5.74) is 0. The Morgan fingerprint density at radius 3 is 2.00 bits per heavy atom. The lowest BCUT2D eigenvalue weighted by molar-refractivity contribution is -0.145. The van der Waals surface area contributed by atoms with E-state index in [0.29, 0.717) is 13.2 Å². The van der Waals surface area contributed by atoms with Gasteiger partial charge in [0.05, 0.1) is 13.2 Å². The molecule has 0 aliphatic carbocycles. The molecule has 0 saturated carbocycles. The van der Waals surface area contributed by atoms with Crippen LogP contribution in [0.1, 0.15) is 34.6 Å². The SMILES string of the molecule is CC(=O)O.CCOC(=O)C(C)NC(=O)OCC(C)C. The maximum Gasteiger partial charge on any atom is 0.407 e. The van der Waals surface area contributed by atoms with Crippen molar-refractivity contribution >= 4 is 18.0 Å². The van der Waals surface area contributed by atoms with Gasteiger partial charge in [-0.05, 0) is 19.8 Å². The molecule has 0 spiro atoms. The number of hydrogen-bond donors (Lipinski definition) is 2. The molecular weight excluding hydrogens is 254 g/mol. The van der Waals surface area contributed by atoms with Crippen molar-refractivity contribution in [3.05, 3.63) is 0 Å². The highest BCUT2D eigenvalue weighted by Gasteiger charge is 2.17. The third-order valence-electron chi connectivity index (χ3n) is 1.52. The molecule has 0 aromatic rings. The van der Waals surface area contributed by atoms with Crippen molar-refractivity contribution in [1.82, 2.24) is 5.32 Å². The minimum atomic E-state index is -0.833. The normalized spacial score (nSPS) is 10.8. The Morgan fingerprint density at radius 1 is 1.16 bits per heavy atom. The molecule has 0 aromatic carbocycles. The summed E-state index contributed by atoms with van der Waals surface area (Å²) in [7, 11) is 0. The van der Waals surface area contributed by atoms with Crippen molar-refractivity contribution in [3.8, 4) is 0 Å². The molecule has 1 amide bonds. The summed E-state index contributed by atoms with van der Waals surface area (Å²) in [6.45, 7) is 8.84. The van der Waals surface area contributed by atoms with E-state index in [2.05, 4.69) is 5.32 Å². The Balaban J connectivity index is 0. The number of ether oxygens (including phenoxy) is 2. The molecule has 0 radical (unpaired) electrons. The van der Waals surface area contributed by atoms with E-state index in [0.717, 1.165) is 6.92 Å². The number of esters is 1. The highest BCUT2D eigenvalue weighted by Crippen LogP contribution is 1.94. The van der Waals surface area contributed by atoms with Gasteiger partial charge in [0.15, 0.2) is 0 Å². The average molecular weight is 277 g/mol. The number of carboxylic acids is 1. The highest BCUT2D eigenvalue weighted by molar-refractivity contribution is 5.80. The van der Waals surface area contributed by atoms with Gasteiger partial charge in [0.1, 0.15) is 6.04 Å². The molecule has 0 bridgehead atoms. The van der Waals surface area contributed by atoms with Crippen LogP contribution < -0.4 is 5.32 Å². The molecule has 19 heavy (non-hydrogen) atoms. The molecule has 7 heteroatoms. The average Bonchev–Trinajstić information content (AvgIpc) is 2.25. The van der Waals surface area contributed by atoms with E-state index in [-0.39, 0.29) is 5.92 Å². The van der Waals surface area contributed by atoms with Gasteiger partial charge in [0.2, 0.25) is 0 Å². The standard InChI is InChI=1S/C10H19NO4.C2H4O2/c1-5-14-9(12)8(4)11-10(13)15-6-7(2)3;1-2(3)4/h7-8H,5-6H2,1-4H3,(H,11,13);1H3,(H,3,4). The maximum absolute atomic E-state index is 11.1. The van der Waals surface area contributed by atoms with Gasteiger partial charge >= 0.3 is 12.1 Å². The first-order chi connectivity index (χ1) is 8.70. The minimum Gasteiger partial charge on any atom is -0.481 e. The van der Waals surface area contributed by atoms with Crippen LogP contribution in [-0.4, -0.2) is 42.4 Å². The molecule has 1 atom stereocenters. The topological polar surface area (TPSA) is 102 Å². The zero-order chi connectivity index (χ0) is 15.4. The lowest BCUT2D eigenvalue weighted by Gasteiger charge is -2.13. The Bertz CT molecular complexity index is 286. The first kappa shape index (κ1) is 19.5. The quantitative estimate of drug-likeness (QED) is 0.737. The van der Waals surface area contributed by atoms with Gasteiger partial charge in [-0.3, -0.25) is 4.79 Å². The Hall–Kier alpha value is -1.79. The van der Waals surface area contributed by atoms with Crippen molar-refractivity contribution in [1.29, 1.82) is 0 Å². The van der Waals surface area contributed by atoms with Gasteiger partial charge in [0, 0.05) is 6.92 Å². The van der Waals surface area contributed by atoms with Crippen molar-refractivity contribution in [2.24, 2.45) is 5.92 Å². The second kappa shape index (κ2) is 11.3. The van der Waals surface area contributed by atoms with Crippen LogP contribution in [0.2, 0.25) is 0 Å². The van der Waals surface area contributed by atoms with Crippen LogP contribution in [0, 0.1) is 5.92 Å². The molecule has 112 valence electrons. The largest absolute Gasteiger partial charge is 0.481 e. The van der Waals surface area contributed by atoms with Crippen LogP contribution in [0.4, 0.5) is 4.79 Å². The van der Waals surface area contributed by atoms with Gasteiger partial charge < -0.3 is 19.9 Å². The summed E-state index contributed by atoms with van der Waals surface area (Å²) < 4.78 is 9.57. The van der Waals surface area contributed by atoms with Crippen molar-refractivity contribution in [3.63, 3.8) is 0 Å². The lowest BCUT2D eigenvalue weighted by atomic mass is 10.2. The van der Waals surface area contributed by atoms with E-state index in [9.17, 15) is 9.59 Å². The smallest absolute Gasteiger partial charge is 0.407 e. The molecule has 7 nitrogen and oxygen atoms in total. The molecule has 0 aromatic heterocycles. The van der Waals surface area contributed by atoms with Gasteiger partial charge in [-0.2, -0.15) is 0 Å². The molecule has 0 heterocycles. The van der Waals surface area contributed by atoms with Gasteiger partial charge in [-0.1, -0.05) is 13.8 Å². The van der Waals surface area contributed by atoms with Crippen LogP contribution in [0.15, 0.2) is 0 Å². The summed E-state index contributed by atoms with van der Waals surface area (Å²) in [5, 5.41) is 9.80. The number of hydrogen-bond acceptors (Lipinski definition) is 5. The molecule has 2 N–H and O–H groups in total. The number of carboxylic acid groups (broad SMARTS) is 1. The Morgan fingerprint density at radius 2 is 1.63 bits per heavy atom.